The van der Waals surface area contributed by atoms with Crippen LogP contribution in [0.1, 0.15) is 67.7 Å². The lowest BCUT2D eigenvalue weighted by atomic mass is 9.67. The first-order valence-electron chi connectivity index (χ1n) is 15.4. The Morgan fingerprint density at radius 1 is 0.732 bits per heavy atom. The molecule has 0 atom stereocenters. The van der Waals surface area contributed by atoms with E-state index in [4.69, 9.17) is 0 Å². The third kappa shape index (κ3) is 6.63. The lowest BCUT2D eigenvalue weighted by Crippen LogP contribution is -2.49. The van der Waals surface area contributed by atoms with Crippen LogP contribution in [0.3, 0.4) is 0 Å². The van der Waals surface area contributed by atoms with Crippen LogP contribution in [0.4, 0.5) is 0 Å². The highest BCUT2D eigenvalue weighted by molar-refractivity contribution is 5.76. The van der Waals surface area contributed by atoms with Crippen LogP contribution in [0.25, 0.3) is 0 Å². The van der Waals surface area contributed by atoms with Crippen molar-refractivity contribution in [1.29, 1.82) is 0 Å². The normalized spacial score (nSPS) is 15.3. The Morgan fingerprint density at radius 2 is 1.20 bits per heavy atom. The molecular weight excluding hydrogens is 500 g/mol. The molecule has 1 aliphatic heterocycles. The van der Waals surface area contributed by atoms with Crippen molar-refractivity contribution in [2.75, 3.05) is 26.2 Å². The van der Waals surface area contributed by atoms with Crippen molar-refractivity contribution >= 4 is 5.91 Å². The molecule has 1 heterocycles. The maximum atomic E-state index is 12.6. The lowest BCUT2D eigenvalue weighted by Gasteiger charge is -2.44. The zero-order valence-electron chi connectivity index (χ0n) is 24.5. The largest absolute Gasteiger partial charge is 0.355 e. The van der Waals surface area contributed by atoms with Crippen LogP contribution in [-0.4, -0.2) is 37.0 Å². The van der Waals surface area contributed by atoms with E-state index >= 15 is 0 Å². The van der Waals surface area contributed by atoms with Crippen LogP contribution in [0.5, 0.6) is 0 Å². The van der Waals surface area contributed by atoms with Gasteiger partial charge in [-0.05, 0) is 67.6 Å². The minimum atomic E-state index is -0.231. The van der Waals surface area contributed by atoms with E-state index in [1.807, 2.05) is 0 Å². The number of hydrogen-bond acceptors (Lipinski definition) is 2. The van der Waals surface area contributed by atoms with E-state index in [0.29, 0.717) is 6.42 Å². The fourth-order valence-corrected chi connectivity index (χ4v) is 6.68. The number of benzene rings is 4. The Morgan fingerprint density at radius 3 is 1.66 bits per heavy atom. The number of likely N-dealkylation sites (tertiary alicyclic amines) is 1. The molecule has 0 radical (unpaired) electrons. The van der Waals surface area contributed by atoms with E-state index in [1.165, 1.54) is 22.3 Å². The summed E-state index contributed by atoms with van der Waals surface area (Å²) in [7, 11) is 0. The van der Waals surface area contributed by atoms with E-state index in [1.54, 1.807) is 0 Å². The molecule has 1 amide bonds. The second kappa shape index (κ2) is 13.8. The van der Waals surface area contributed by atoms with Gasteiger partial charge >= 0.3 is 0 Å². The monoisotopic (exact) mass is 544 g/mol. The van der Waals surface area contributed by atoms with Crippen molar-refractivity contribution in [1.82, 2.24) is 10.2 Å². The van der Waals surface area contributed by atoms with Crippen molar-refractivity contribution in [3.05, 3.63) is 144 Å². The van der Waals surface area contributed by atoms with Gasteiger partial charge in [0.25, 0.3) is 0 Å². The van der Waals surface area contributed by atoms with E-state index in [0.717, 1.165) is 58.3 Å². The minimum Gasteiger partial charge on any atom is -0.355 e. The Hall–Kier alpha value is -3.69. The van der Waals surface area contributed by atoms with Gasteiger partial charge in [-0.2, -0.15) is 0 Å². The summed E-state index contributed by atoms with van der Waals surface area (Å²) in [5.41, 5.74) is 5.11. The number of nitrogens with zero attached hydrogens (tertiary/aromatic N) is 1. The van der Waals surface area contributed by atoms with Crippen molar-refractivity contribution < 1.29 is 4.79 Å². The summed E-state index contributed by atoms with van der Waals surface area (Å²) < 4.78 is 0. The number of nitrogens with one attached hydrogen (secondary N) is 1. The van der Waals surface area contributed by atoms with Gasteiger partial charge in [0.1, 0.15) is 0 Å². The molecule has 5 rings (SSSR count). The fourth-order valence-electron chi connectivity index (χ4n) is 6.68. The molecule has 1 fully saturated rings. The summed E-state index contributed by atoms with van der Waals surface area (Å²) in [5.74, 6) is 0.183. The molecule has 1 N–H and O–H groups in total. The van der Waals surface area contributed by atoms with E-state index in [-0.39, 0.29) is 16.7 Å². The number of unbranched alkanes of at least 4 members (excludes halogenated alkanes) is 1. The smallest absolute Gasteiger partial charge is 0.220 e. The standard InChI is InChI=1S/C38H44N2O/c1-2-3-24-36(41)39-31-37(32-16-8-4-9-17-32)25-28-40(29-26-37)30-27-38(33-18-10-5-11-19-33,34-20-12-6-13-21-34)35-22-14-7-15-23-35/h4-23H,2-3,24-31H2,1H3,(H,39,41). The highest BCUT2D eigenvalue weighted by Crippen LogP contribution is 2.43. The zero-order chi connectivity index (χ0) is 28.4. The molecule has 0 aromatic heterocycles. The van der Waals surface area contributed by atoms with Crippen LogP contribution in [0.15, 0.2) is 121 Å². The Balaban J connectivity index is 1.38. The van der Waals surface area contributed by atoms with Crippen molar-refractivity contribution in [2.24, 2.45) is 0 Å². The summed E-state index contributed by atoms with van der Waals surface area (Å²) in [4.78, 5) is 15.2. The number of hydrogen-bond donors (Lipinski definition) is 1. The summed E-state index contributed by atoms with van der Waals surface area (Å²) in [6.45, 7) is 5.90. The van der Waals surface area contributed by atoms with E-state index < -0.39 is 0 Å². The van der Waals surface area contributed by atoms with Gasteiger partial charge in [0, 0.05) is 23.8 Å². The Labute approximate surface area is 246 Å². The third-order valence-corrected chi connectivity index (χ3v) is 9.18. The SMILES string of the molecule is CCCCC(=O)NCC1(c2ccccc2)CCN(CCC(c2ccccc2)(c2ccccc2)c2ccccc2)CC1. The molecule has 41 heavy (non-hydrogen) atoms. The predicted molar refractivity (Wildman–Crippen MR) is 170 cm³/mol. The number of amides is 1. The molecule has 4 aromatic rings. The van der Waals surface area contributed by atoms with Crippen molar-refractivity contribution in [3.8, 4) is 0 Å². The summed E-state index contributed by atoms with van der Waals surface area (Å²) >= 11 is 0. The molecule has 1 aliphatic rings. The first-order valence-corrected chi connectivity index (χ1v) is 15.4. The van der Waals surface area contributed by atoms with Crippen LogP contribution >= 0.6 is 0 Å². The molecule has 0 spiro atoms. The van der Waals surface area contributed by atoms with Gasteiger partial charge in [-0.15, -0.1) is 0 Å². The predicted octanol–water partition coefficient (Wildman–Crippen LogP) is 7.75. The quantitative estimate of drug-likeness (QED) is 0.185. The minimum absolute atomic E-state index is 0.0188. The van der Waals surface area contributed by atoms with Gasteiger partial charge in [-0.25, -0.2) is 0 Å². The summed E-state index contributed by atoms with van der Waals surface area (Å²) in [5, 5.41) is 3.30. The van der Waals surface area contributed by atoms with E-state index in [2.05, 4.69) is 138 Å². The highest BCUT2D eigenvalue weighted by Gasteiger charge is 2.39. The maximum Gasteiger partial charge on any atom is 0.220 e. The van der Waals surface area contributed by atoms with Crippen LogP contribution in [0, 0.1) is 0 Å². The van der Waals surface area contributed by atoms with Crippen molar-refractivity contribution in [2.45, 2.75) is 56.3 Å². The van der Waals surface area contributed by atoms with Gasteiger partial charge in [-0.3, -0.25) is 4.79 Å². The first-order chi connectivity index (χ1) is 20.2. The molecule has 3 nitrogen and oxygen atoms in total. The van der Waals surface area contributed by atoms with E-state index in [9.17, 15) is 4.79 Å². The fraction of sp³-hybridized carbons (Fsp3) is 0.342. The molecule has 0 unspecified atom stereocenters. The first kappa shape index (κ1) is 28.8. The van der Waals surface area contributed by atoms with Crippen molar-refractivity contribution in [3.63, 3.8) is 0 Å². The molecule has 3 heteroatoms. The maximum absolute atomic E-state index is 12.6. The molecule has 1 saturated heterocycles. The highest BCUT2D eigenvalue weighted by atomic mass is 16.1. The Kier molecular flexibility index (Phi) is 9.69. The molecule has 0 saturated carbocycles. The summed E-state index contributed by atoms with van der Waals surface area (Å²) in [6, 6.07) is 43.9. The van der Waals surface area contributed by atoms with Gasteiger partial charge in [0.15, 0.2) is 0 Å². The molecule has 0 bridgehead atoms. The van der Waals surface area contributed by atoms with Crippen LogP contribution in [-0.2, 0) is 15.6 Å². The molecule has 4 aromatic carbocycles. The zero-order valence-corrected chi connectivity index (χ0v) is 24.5. The number of piperidine rings is 1. The average molecular weight is 545 g/mol. The van der Waals surface area contributed by atoms with Gasteiger partial charge in [0.05, 0.1) is 0 Å². The second-order valence-electron chi connectivity index (χ2n) is 11.6. The molecule has 212 valence electrons. The number of rotatable bonds is 12. The lowest BCUT2D eigenvalue weighted by molar-refractivity contribution is -0.121. The number of carbonyl (C=O) groups is 1. The molecule has 0 aliphatic carbocycles. The van der Waals surface area contributed by atoms with Gasteiger partial charge < -0.3 is 10.2 Å². The van der Waals surface area contributed by atoms with Gasteiger partial charge in [0.2, 0.25) is 5.91 Å². The Bertz CT molecular complexity index is 1230. The number of carbonyl (C=O) groups excluding carboxylic acids is 1. The van der Waals surface area contributed by atoms with Crippen LogP contribution < -0.4 is 5.32 Å². The molecular formula is C38H44N2O. The summed E-state index contributed by atoms with van der Waals surface area (Å²) in [6.07, 6.45) is 5.69. The second-order valence-corrected chi connectivity index (χ2v) is 11.6. The topological polar surface area (TPSA) is 32.3 Å². The van der Waals surface area contributed by atoms with Gasteiger partial charge in [-0.1, -0.05) is 135 Å². The van der Waals surface area contributed by atoms with Crippen LogP contribution in [0.2, 0.25) is 0 Å². The third-order valence-electron chi connectivity index (χ3n) is 9.18. The average Bonchev–Trinajstić information content (AvgIpc) is 3.05.